The summed E-state index contributed by atoms with van der Waals surface area (Å²) in [5.41, 5.74) is 6.34. The van der Waals surface area contributed by atoms with E-state index in [0.717, 1.165) is 12.8 Å². The lowest BCUT2D eigenvalue weighted by atomic mass is 10.0. The number of rotatable bonds is 3. The molecule has 0 saturated carbocycles. The van der Waals surface area contributed by atoms with Gasteiger partial charge in [0.1, 0.15) is 12.1 Å². The van der Waals surface area contributed by atoms with E-state index in [9.17, 15) is 9.90 Å². The first-order valence-corrected chi connectivity index (χ1v) is 6.93. The molecular formula is C13H16Cl2N2O2. The lowest BCUT2D eigenvalue weighted by molar-refractivity contribution is -0.134. The molecule has 0 spiro atoms. The molecule has 6 heteroatoms. The lowest BCUT2D eigenvalue weighted by Gasteiger charge is -2.24. The molecule has 1 fully saturated rings. The van der Waals surface area contributed by atoms with Crippen molar-refractivity contribution in [3.63, 3.8) is 0 Å². The van der Waals surface area contributed by atoms with Crippen molar-refractivity contribution in [2.24, 2.45) is 5.73 Å². The Morgan fingerprint density at radius 2 is 1.89 bits per heavy atom. The van der Waals surface area contributed by atoms with Gasteiger partial charge in [-0.1, -0.05) is 29.3 Å². The molecule has 1 aromatic rings. The van der Waals surface area contributed by atoms with Gasteiger partial charge in [0.05, 0.1) is 10.0 Å². The largest absolute Gasteiger partial charge is 0.386 e. The van der Waals surface area contributed by atoms with Gasteiger partial charge in [-0.25, -0.2) is 0 Å². The molecule has 2 rings (SSSR count). The first-order valence-electron chi connectivity index (χ1n) is 6.18. The Bertz CT molecular complexity index is 476. The zero-order valence-corrected chi connectivity index (χ0v) is 11.9. The monoisotopic (exact) mass is 302 g/mol. The van der Waals surface area contributed by atoms with Crippen LogP contribution in [0, 0.1) is 0 Å². The molecular weight excluding hydrogens is 287 g/mol. The third kappa shape index (κ3) is 3.20. The molecule has 1 saturated heterocycles. The molecule has 1 heterocycles. The summed E-state index contributed by atoms with van der Waals surface area (Å²) in [4.78, 5) is 13.8. The number of aliphatic hydroxyl groups is 1. The summed E-state index contributed by atoms with van der Waals surface area (Å²) < 4.78 is 0. The smallest absolute Gasteiger partial charge is 0.242 e. The highest BCUT2D eigenvalue weighted by Crippen LogP contribution is 2.27. The number of hydrogen-bond acceptors (Lipinski definition) is 3. The van der Waals surface area contributed by atoms with Crippen LogP contribution in [0.5, 0.6) is 0 Å². The van der Waals surface area contributed by atoms with Crippen molar-refractivity contribution >= 4 is 29.1 Å². The third-order valence-electron chi connectivity index (χ3n) is 3.33. The van der Waals surface area contributed by atoms with Gasteiger partial charge in [0, 0.05) is 13.1 Å². The molecule has 104 valence electrons. The van der Waals surface area contributed by atoms with Crippen molar-refractivity contribution < 1.29 is 9.90 Å². The van der Waals surface area contributed by atoms with E-state index in [1.165, 1.54) is 6.07 Å². The molecule has 1 amide bonds. The molecule has 1 aliphatic heterocycles. The number of hydrogen-bond donors (Lipinski definition) is 2. The number of amides is 1. The summed E-state index contributed by atoms with van der Waals surface area (Å²) in [5, 5.41) is 10.9. The van der Waals surface area contributed by atoms with Crippen LogP contribution in [0.4, 0.5) is 0 Å². The first-order chi connectivity index (χ1) is 9.00. The average Bonchev–Trinajstić information content (AvgIpc) is 2.93. The van der Waals surface area contributed by atoms with Crippen molar-refractivity contribution in [1.82, 2.24) is 4.90 Å². The molecule has 3 N–H and O–H groups in total. The van der Waals surface area contributed by atoms with Gasteiger partial charge < -0.3 is 15.7 Å². The van der Waals surface area contributed by atoms with E-state index >= 15 is 0 Å². The maximum atomic E-state index is 12.1. The van der Waals surface area contributed by atoms with Crippen LogP contribution in [-0.2, 0) is 4.79 Å². The van der Waals surface area contributed by atoms with Gasteiger partial charge in [0.25, 0.3) is 0 Å². The van der Waals surface area contributed by atoms with E-state index in [1.807, 2.05) is 0 Å². The van der Waals surface area contributed by atoms with E-state index in [2.05, 4.69) is 0 Å². The first kappa shape index (κ1) is 14.6. The summed E-state index contributed by atoms with van der Waals surface area (Å²) in [7, 11) is 0. The topological polar surface area (TPSA) is 66.6 Å². The van der Waals surface area contributed by atoms with Gasteiger partial charge in [0.2, 0.25) is 5.91 Å². The average molecular weight is 303 g/mol. The van der Waals surface area contributed by atoms with E-state index in [4.69, 9.17) is 28.9 Å². The van der Waals surface area contributed by atoms with E-state index in [-0.39, 0.29) is 5.91 Å². The lowest BCUT2D eigenvalue weighted by Crippen LogP contribution is -2.45. The zero-order chi connectivity index (χ0) is 14.0. The van der Waals surface area contributed by atoms with E-state index in [1.54, 1.807) is 17.0 Å². The minimum Gasteiger partial charge on any atom is -0.386 e. The number of carbonyl (C=O) groups is 1. The summed E-state index contributed by atoms with van der Waals surface area (Å²) >= 11 is 11.7. The number of nitrogens with zero attached hydrogens (tertiary/aromatic N) is 1. The van der Waals surface area contributed by atoms with Crippen molar-refractivity contribution in [1.29, 1.82) is 0 Å². The van der Waals surface area contributed by atoms with Crippen LogP contribution in [0.2, 0.25) is 10.0 Å². The highest BCUT2D eigenvalue weighted by Gasteiger charge is 2.29. The maximum Gasteiger partial charge on any atom is 0.242 e. The van der Waals surface area contributed by atoms with Crippen LogP contribution < -0.4 is 5.73 Å². The highest BCUT2D eigenvalue weighted by atomic mass is 35.5. The quantitative estimate of drug-likeness (QED) is 0.897. The molecule has 2 unspecified atom stereocenters. The summed E-state index contributed by atoms with van der Waals surface area (Å²) in [6, 6.07) is 3.76. The second-order valence-corrected chi connectivity index (χ2v) is 5.49. The Labute approximate surface area is 122 Å². The van der Waals surface area contributed by atoms with Crippen LogP contribution in [0.15, 0.2) is 18.2 Å². The number of nitrogens with two attached hydrogens (primary N) is 1. The fourth-order valence-electron chi connectivity index (χ4n) is 2.19. The summed E-state index contributed by atoms with van der Waals surface area (Å²) in [6.45, 7) is 1.42. The molecule has 0 bridgehead atoms. The molecule has 1 aliphatic rings. The Morgan fingerprint density at radius 1 is 1.26 bits per heavy atom. The second-order valence-electron chi connectivity index (χ2n) is 4.68. The molecule has 4 nitrogen and oxygen atoms in total. The van der Waals surface area contributed by atoms with E-state index < -0.39 is 12.1 Å². The molecule has 1 aromatic carbocycles. The Kier molecular flexibility index (Phi) is 4.68. The van der Waals surface area contributed by atoms with Gasteiger partial charge in [-0.05, 0) is 30.5 Å². The Morgan fingerprint density at radius 3 is 2.47 bits per heavy atom. The Hall–Kier alpha value is -0.810. The molecule has 0 radical (unpaired) electrons. The van der Waals surface area contributed by atoms with Crippen LogP contribution >= 0.6 is 23.2 Å². The predicted octanol–water partition coefficient (Wildman–Crippen LogP) is 1.98. The minimum absolute atomic E-state index is 0.226. The van der Waals surface area contributed by atoms with Gasteiger partial charge in [0.15, 0.2) is 0 Å². The van der Waals surface area contributed by atoms with Crippen molar-refractivity contribution in [3.8, 4) is 0 Å². The van der Waals surface area contributed by atoms with Gasteiger partial charge >= 0.3 is 0 Å². The number of aliphatic hydroxyl groups excluding tert-OH is 1. The van der Waals surface area contributed by atoms with Crippen molar-refractivity contribution in [2.75, 3.05) is 13.1 Å². The van der Waals surface area contributed by atoms with Gasteiger partial charge in [-0.3, -0.25) is 4.79 Å². The fourth-order valence-corrected chi connectivity index (χ4v) is 2.49. The number of halogens is 2. The second kappa shape index (κ2) is 6.09. The van der Waals surface area contributed by atoms with Gasteiger partial charge in [-0.15, -0.1) is 0 Å². The maximum absolute atomic E-state index is 12.1. The molecule has 2 atom stereocenters. The number of benzene rings is 1. The SMILES string of the molecule is NC(C(=O)N1CCCC1)C(O)c1ccc(Cl)c(Cl)c1. The van der Waals surface area contributed by atoms with Crippen LogP contribution in [0.1, 0.15) is 24.5 Å². The normalized spacial score (nSPS) is 18.4. The highest BCUT2D eigenvalue weighted by molar-refractivity contribution is 6.42. The molecule has 0 aromatic heterocycles. The van der Waals surface area contributed by atoms with Crippen LogP contribution in [-0.4, -0.2) is 35.0 Å². The van der Waals surface area contributed by atoms with Gasteiger partial charge in [-0.2, -0.15) is 0 Å². The fraction of sp³-hybridized carbons (Fsp3) is 0.462. The Balaban J connectivity index is 2.11. The molecule has 19 heavy (non-hydrogen) atoms. The summed E-state index contributed by atoms with van der Waals surface area (Å²) in [5.74, 6) is -0.226. The van der Waals surface area contributed by atoms with Crippen molar-refractivity contribution in [2.45, 2.75) is 25.0 Å². The number of likely N-dealkylation sites (tertiary alicyclic amines) is 1. The van der Waals surface area contributed by atoms with Crippen molar-refractivity contribution in [3.05, 3.63) is 33.8 Å². The van der Waals surface area contributed by atoms with Crippen LogP contribution in [0.3, 0.4) is 0 Å². The molecule has 0 aliphatic carbocycles. The number of carbonyl (C=O) groups excluding carboxylic acids is 1. The minimum atomic E-state index is -1.08. The zero-order valence-electron chi connectivity index (χ0n) is 10.4. The van der Waals surface area contributed by atoms with E-state index in [0.29, 0.717) is 28.7 Å². The van der Waals surface area contributed by atoms with Crippen LogP contribution in [0.25, 0.3) is 0 Å². The summed E-state index contributed by atoms with van der Waals surface area (Å²) in [6.07, 6.45) is 0.894. The standard InChI is InChI=1S/C13H16Cl2N2O2/c14-9-4-3-8(7-10(9)15)12(18)11(16)13(19)17-5-1-2-6-17/h3-4,7,11-12,18H,1-2,5-6,16H2. The predicted molar refractivity (Wildman–Crippen MR) is 75.2 cm³/mol. The third-order valence-corrected chi connectivity index (χ3v) is 4.07.